The topological polar surface area (TPSA) is 59.7 Å². The minimum absolute atomic E-state index is 0.0936. The fraction of sp³-hybridized carbons (Fsp3) is 0.227. The minimum Gasteiger partial charge on any atom is -0.466 e. The zero-order valence-corrected chi connectivity index (χ0v) is 17.0. The minimum atomic E-state index is -3.10. The van der Waals surface area contributed by atoms with Crippen LogP contribution in [0.2, 0.25) is 5.02 Å². The number of ether oxygens (including phenoxy) is 1. The Morgan fingerprint density at radius 2 is 2.06 bits per heavy atom. The van der Waals surface area contributed by atoms with E-state index in [1.807, 2.05) is 18.2 Å². The molecule has 31 heavy (non-hydrogen) atoms. The largest absolute Gasteiger partial charge is 0.466 e. The van der Waals surface area contributed by atoms with Crippen molar-refractivity contribution >= 4 is 34.1 Å². The van der Waals surface area contributed by atoms with Crippen molar-refractivity contribution in [3.8, 4) is 5.88 Å². The molecule has 1 fully saturated rings. The van der Waals surface area contributed by atoms with Crippen molar-refractivity contribution in [1.29, 1.82) is 0 Å². The first-order chi connectivity index (χ1) is 14.9. The molecule has 0 aliphatic carbocycles. The number of halogens is 3. The van der Waals surface area contributed by atoms with Crippen LogP contribution in [0.25, 0.3) is 16.6 Å². The van der Waals surface area contributed by atoms with Gasteiger partial charge in [-0.1, -0.05) is 29.8 Å². The maximum absolute atomic E-state index is 14.6. The summed E-state index contributed by atoms with van der Waals surface area (Å²) in [7, 11) is 0. The van der Waals surface area contributed by atoms with E-state index in [9.17, 15) is 13.6 Å². The van der Waals surface area contributed by atoms with Crippen LogP contribution in [0.3, 0.4) is 0 Å². The molecule has 1 aliphatic heterocycles. The summed E-state index contributed by atoms with van der Waals surface area (Å²) in [6, 6.07) is 12.2. The molecule has 9 heteroatoms. The van der Waals surface area contributed by atoms with Gasteiger partial charge in [0.05, 0.1) is 22.6 Å². The van der Waals surface area contributed by atoms with E-state index in [2.05, 4.69) is 9.97 Å². The molecule has 158 valence electrons. The third kappa shape index (κ3) is 3.67. The standard InChI is InChI=1S/C22H17ClF2N4O2/c23-15-11-16(20-26-8-10-28(20)12-15)21(30)29-9-7-22(24,25)18(13-29)31-19-6-5-14-3-1-2-4-17(14)27-19/h1-6,8,10-12,18H,7,9,13H2. The number of imidazole rings is 1. The van der Waals surface area contributed by atoms with Crippen LogP contribution in [-0.2, 0) is 0 Å². The second kappa shape index (κ2) is 7.46. The zero-order chi connectivity index (χ0) is 21.6. The van der Waals surface area contributed by atoms with Crippen molar-refractivity contribution in [2.45, 2.75) is 18.4 Å². The van der Waals surface area contributed by atoms with Gasteiger partial charge in [0.1, 0.15) is 5.65 Å². The molecule has 1 unspecified atom stereocenters. The first-order valence-corrected chi connectivity index (χ1v) is 10.1. The summed E-state index contributed by atoms with van der Waals surface area (Å²) in [5.41, 5.74) is 1.32. The van der Waals surface area contributed by atoms with Crippen LogP contribution in [0.5, 0.6) is 5.88 Å². The molecule has 1 amide bonds. The molecule has 4 heterocycles. The highest BCUT2D eigenvalue weighted by Crippen LogP contribution is 2.33. The molecule has 0 spiro atoms. The summed E-state index contributed by atoms with van der Waals surface area (Å²) in [6.07, 6.45) is 2.81. The summed E-state index contributed by atoms with van der Waals surface area (Å²) >= 11 is 6.12. The first-order valence-electron chi connectivity index (χ1n) is 9.72. The Bertz CT molecular complexity index is 1290. The maximum atomic E-state index is 14.6. The zero-order valence-electron chi connectivity index (χ0n) is 16.2. The number of likely N-dealkylation sites (tertiary alicyclic amines) is 1. The van der Waals surface area contributed by atoms with Crippen molar-refractivity contribution in [3.05, 3.63) is 71.6 Å². The molecule has 1 atom stereocenters. The number of amides is 1. The molecule has 4 aromatic rings. The number of benzene rings is 1. The van der Waals surface area contributed by atoms with E-state index in [4.69, 9.17) is 16.3 Å². The molecule has 5 rings (SSSR count). The number of hydrogen-bond donors (Lipinski definition) is 0. The Morgan fingerprint density at radius 3 is 2.94 bits per heavy atom. The van der Waals surface area contributed by atoms with Crippen LogP contribution in [0.15, 0.2) is 61.1 Å². The fourth-order valence-corrected chi connectivity index (χ4v) is 3.98. The number of hydrogen-bond acceptors (Lipinski definition) is 4. The van der Waals surface area contributed by atoms with Gasteiger partial charge in [-0.3, -0.25) is 4.79 Å². The lowest BCUT2D eigenvalue weighted by Gasteiger charge is -2.38. The van der Waals surface area contributed by atoms with Gasteiger partial charge in [0.25, 0.3) is 11.8 Å². The van der Waals surface area contributed by atoms with Crippen LogP contribution in [0.1, 0.15) is 16.8 Å². The molecule has 0 N–H and O–H groups in total. The van der Waals surface area contributed by atoms with Gasteiger partial charge in [-0.2, -0.15) is 0 Å². The highest BCUT2D eigenvalue weighted by atomic mass is 35.5. The van der Waals surface area contributed by atoms with E-state index >= 15 is 0 Å². The second-order valence-electron chi connectivity index (χ2n) is 7.44. The van der Waals surface area contributed by atoms with Gasteiger partial charge < -0.3 is 14.0 Å². The van der Waals surface area contributed by atoms with Gasteiger partial charge in [0, 0.05) is 43.0 Å². The smallest absolute Gasteiger partial charge is 0.287 e. The number of nitrogens with zero attached hydrogens (tertiary/aromatic N) is 4. The molecule has 3 aromatic heterocycles. The predicted molar refractivity (Wildman–Crippen MR) is 112 cm³/mol. The average molecular weight is 443 g/mol. The van der Waals surface area contributed by atoms with Gasteiger partial charge in [0.15, 0.2) is 6.10 Å². The first kappa shape index (κ1) is 19.7. The summed E-state index contributed by atoms with van der Waals surface area (Å²) in [4.78, 5) is 23.0. The van der Waals surface area contributed by atoms with Crippen LogP contribution < -0.4 is 4.74 Å². The lowest BCUT2D eigenvalue weighted by atomic mass is 10.0. The highest BCUT2D eigenvalue weighted by Gasteiger charge is 2.47. The number of carbonyl (C=O) groups is 1. The van der Waals surface area contributed by atoms with Crippen LogP contribution >= 0.6 is 11.6 Å². The fourth-order valence-electron chi connectivity index (χ4n) is 3.76. The molecular weight excluding hydrogens is 426 g/mol. The van der Waals surface area contributed by atoms with Crippen LogP contribution in [0, 0.1) is 0 Å². The second-order valence-corrected chi connectivity index (χ2v) is 7.88. The Hall–Kier alpha value is -3.26. The Balaban J connectivity index is 1.41. The van der Waals surface area contributed by atoms with Crippen LogP contribution in [-0.4, -0.2) is 50.3 Å². The normalized spacial score (nSPS) is 18.4. The van der Waals surface area contributed by atoms with E-state index in [1.54, 1.807) is 41.2 Å². The quantitative estimate of drug-likeness (QED) is 0.470. The van der Waals surface area contributed by atoms with Gasteiger partial charge in [-0.05, 0) is 18.2 Å². The number of alkyl halides is 2. The van der Waals surface area contributed by atoms with E-state index in [1.165, 1.54) is 11.0 Å². The summed E-state index contributed by atoms with van der Waals surface area (Å²) in [5, 5.41) is 1.23. The third-order valence-electron chi connectivity index (χ3n) is 5.38. The van der Waals surface area contributed by atoms with E-state index < -0.39 is 24.4 Å². The number of pyridine rings is 2. The van der Waals surface area contributed by atoms with Crippen molar-refractivity contribution in [2.75, 3.05) is 13.1 Å². The molecule has 6 nitrogen and oxygen atoms in total. The SMILES string of the molecule is O=C(c1cc(Cl)cn2ccnc12)N1CCC(F)(F)C(Oc2ccc3ccccc3n2)C1. The monoisotopic (exact) mass is 442 g/mol. The maximum Gasteiger partial charge on any atom is 0.287 e. The predicted octanol–water partition coefficient (Wildman–Crippen LogP) is 4.46. The van der Waals surface area contributed by atoms with E-state index in [-0.39, 0.29) is 24.5 Å². The lowest BCUT2D eigenvalue weighted by Crippen LogP contribution is -2.55. The highest BCUT2D eigenvalue weighted by molar-refractivity contribution is 6.31. The number of para-hydroxylation sites is 1. The molecule has 1 saturated heterocycles. The van der Waals surface area contributed by atoms with Gasteiger partial charge in [0.2, 0.25) is 5.88 Å². The Morgan fingerprint density at radius 1 is 1.23 bits per heavy atom. The van der Waals surface area contributed by atoms with Crippen molar-refractivity contribution in [1.82, 2.24) is 19.3 Å². The average Bonchev–Trinajstić information content (AvgIpc) is 3.22. The Kier molecular flexibility index (Phi) is 4.74. The van der Waals surface area contributed by atoms with E-state index in [0.717, 1.165) is 5.39 Å². The van der Waals surface area contributed by atoms with Gasteiger partial charge in [-0.25, -0.2) is 18.7 Å². The number of fused-ring (bicyclic) bond motifs is 2. The molecular formula is C22H17ClF2N4O2. The molecule has 1 aromatic carbocycles. The third-order valence-corrected chi connectivity index (χ3v) is 5.59. The summed E-state index contributed by atoms with van der Waals surface area (Å²) in [5.74, 6) is -3.42. The van der Waals surface area contributed by atoms with Crippen LogP contribution in [0.4, 0.5) is 8.78 Å². The molecule has 0 saturated carbocycles. The molecule has 0 radical (unpaired) electrons. The van der Waals surface area contributed by atoms with Crippen molar-refractivity contribution in [2.24, 2.45) is 0 Å². The number of carbonyl (C=O) groups excluding carboxylic acids is 1. The number of aromatic nitrogens is 3. The lowest BCUT2D eigenvalue weighted by molar-refractivity contribution is -0.131. The van der Waals surface area contributed by atoms with Gasteiger partial charge in [-0.15, -0.1) is 0 Å². The molecule has 0 bridgehead atoms. The molecule has 1 aliphatic rings. The van der Waals surface area contributed by atoms with Gasteiger partial charge >= 0.3 is 0 Å². The van der Waals surface area contributed by atoms with Crippen molar-refractivity contribution in [3.63, 3.8) is 0 Å². The summed E-state index contributed by atoms with van der Waals surface area (Å²) < 4.78 is 36.5. The summed E-state index contributed by atoms with van der Waals surface area (Å²) in [6.45, 7) is -0.379. The number of piperidine rings is 1. The number of rotatable bonds is 3. The van der Waals surface area contributed by atoms with Crippen molar-refractivity contribution < 1.29 is 18.3 Å². The Labute approximate surface area is 181 Å². The van der Waals surface area contributed by atoms with E-state index in [0.29, 0.717) is 16.2 Å².